The Hall–Kier alpha value is -4.10. The minimum atomic E-state index is -4.84. The highest BCUT2D eigenvalue weighted by Gasteiger charge is 2.65. The lowest BCUT2D eigenvalue weighted by Gasteiger charge is -2.53. The van der Waals surface area contributed by atoms with Gasteiger partial charge in [0.2, 0.25) is 5.91 Å². The van der Waals surface area contributed by atoms with Crippen molar-refractivity contribution in [2.75, 3.05) is 5.88 Å². The molecular formula is C31H29F4N3O5S. The van der Waals surface area contributed by atoms with Crippen LogP contribution in [0.2, 0.25) is 0 Å². The Morgan fingerprint density at radius 1 is 1.11 bits per heavy atom. The van der Waals surface area contributed by atoms with Crippen LogP contribution in [-0.4, -0.2) is 66.7 Å². The van der Waals surface area contributed by atoms with Crippen molar-refractivity contribution in [1.29, 1.82) is 0 Å². The van der Waals surface area contributed by atoms with Crippen molar-refractivity contribution >= 4 is 29.5 Å². The number of halogens is 4. The van der Waals surface area contributed by atoms with Gasteiger partial charge in [-0.25, -0.2) is 4.39 Å². The molecule has 44 heavy (non-hydrogen) atoms. The molecule has 2 heterocycles. The number of aromatic hydroxyl groups is 1. The number of hydrogen-bond donors (Lipinski definition) is 3. The molecule has 0 bridgehead atoms. The van der Waals surface area contributed by atoms with Crippen molar-refractivity contribution < 1.29 is 42.2 Å². The van der Waals surface area contributed by atoms with Gasteiger partial charge < -0.3 is 25.3 Å². The maximum atomic E-state index is 13.7. The second kappa shape index (κ2) is 11.8. The summed E-state index contributed by atoms with van der Waals surface area (Å²) in [5.74, 6) is -3.26. The molecule has 3 aromatic carbocycles. The molecule has 0 saturated carbocycles. The number of fused-ring (bicyclic) bond motifs is 1. The fraction of sp³-hybridized carbons (Fsp3) is 0.323. The largest absolute Gasteiger partial charge is 0.508 e. The summed E-state index contributed by atoms with van der Waals surface area (Å²) in [6, 6.07) is 13.3. The monoisotopic (exact) mass is 631 g/mol. The van der Waals surface area contributed by atoms with Crippen LogP contribution in [0.15, 0.2) is 66.7 Å². The molecule has 3 aromatic rings. The molecule has 232 valence electrons. The average molecular weight is 632 g/mol. The van der Waals surface area contributed by atoms with Crippen molar-refractivity contribution in [2.45, 2.75) is 56.0 Å². The number of benzene rings is 3. The summed E-state index contributed by atoms with van der Waals surface area (Å²) in [7, 11) is 0. The van der Waals surface area contributed by atoms with Gasteiger partial charge in [0.25, 0.3) is 11.8 Å². The van der Waals surface area contributed by atoms with E-state index in [1.807, 2.05) is 0 Å². The number of hydrogen-bond acceptors (Lipinski definition) is 6. The Balaban J connectivity index is 1.36. The number of thioether (sulfide) groups is 1. The van der Waals surface area contributed by atoms with Crippen LogP contribution in [0.1, 0.15) is 39.5 Å². The summed E-state index contributed by atoms with van der Waals surface area (Å²) in [4.78, 5) is 41.5. The van der Waals surface area contributed by atoms with Gasteiger partial charge in [0.15, 0.2) is 6.10 Å². The van der Waals surface area contributed by atoms with Crippen molar-refractivity contribution in [3.05, 3.63) is 100 Å². The molecule has 3 amide bonds. The molecule has 8 nitrogen and oxygen atoms in total. The van der Waals surface area contributed by atoms with E-state index >= 15 is 0 Å². The van der Waals surface area contributed by atoms with E-state index in [4.69, 9.17) is 0 Å². The molecule has 4 atom stereocenters. The van der Waals surface area contributed by atoms with Crippen LogP contribution in [0.25, 0.3) is 0 Å². The van der Waals surface area contributed by atoms with Crippen LogP contribution >= 0.6 is 11.8 Å². The standard InChI is InChI=1S/C31H29F4N3O5S/c1-17-21(9-6-10-24(17)39)27(41)36-23(13-18-7-4-3-5-8-18)25(40)28(42)37-16-44-30(2)26(37)29(43)38(30)15-19-11-12-20(32)14-22(19)31(33,34)35/h3-12,14,23,25-26,39-40H,13,15-16H2,1-2H3,(H,36,41)/t23-,25-,26+,30?/m0/s1. The van der Waals surface area contributed by atoms with Crippen molar-refractivity contribution in [2.24, 2.45) is 0 Å². The Bertz CT molecular complexity index is 1600. The first-order chi connectivity index (χ1) is 20.7. The molecule has 13 heteroatoms. The van der Waals surface area contributed by atoms with Gasteiger partial charge in [-0.05, 0) is 55.7 Å². The van der Waals surface area contributed by atoms with E-state index in [1.54, 1.807) is 44.2 Å². The van der Waals surface area contributed by atoms with Crippen molar-refractivity contribution in [3.63, 3.8) is 0 Å². The summed E-state index contributed by atoms with van der Waals surface area (Å²) in [5, 5.41) is 24.1. The van der Waals surface area contributed by atoms with Crippen molar-refractivity contribution in [1.82, 2.24) is 15.1 Å². The summed E-state index contributed by atoms with van der Waals surface area (Å²) in [5.41, 5.74) is -0.305. The van der Waals surface area contributed by atoms with E-state index in [9.17, 15) is 42.2 Å². The van der Waals surface area contributed by atoms with Crippen LogP contribution in [-0.2, 0) is 28.7 Å². The molecule has 2 saturated heterocycles. The topological polar surface area (TPSA) is 110 Å². The lowest BCUT2D eigenvalue weighted by molar-refractivity contribution is -0.168. The molecule has 0 aliphatic carbocycles. The first-order valence-corrected chi connectivity index (χ1v) is 14.6. The number of amides is 3. The number of carbonyl (C=O) groups is 3. The van der Waals surface area contributed by atoms with Gasteiger partial charge in [-0.1, -0.05) is 42.5 Å². The van der Waals surface area contributed by atoms with E-state index in [0.29, 0.717) is 17.2 Å². The minimum absolute atomic E-state index is 0.0352. The van der Waals surface area contributed by atoms with Crippen LogP contribution in [0, 0.1) is 12.7 Å². The highest BCUT2D eigenvalue weighted by Crippen LogP contribution is 2.51. The van der Waals surface area contributed by atoms with E-state index in [2.05, 4.69) is 5.32 Å². The molecule has 3 N–H and O–H groups in total. The Morgan fingerprint density at radius 2 is 1.82 bits per heavy atom. The Kier molecular flexibility index (Phi) is 8.38. The molecule has 0 aromatic heterocycles. The number of phenolic OH excluding ortho intramolecular Hbond substituents is 1. The molecular weight excluding hydrogens is 602 g/mol. The van der Waals surface area contributed by atoms with Crippen LogP contribution in [0.3, 0.4) is 0 Å². The van der Waals surface area contributed by atoms with E-state index < -0.39 is 64.9 Å². The van der Waals surface area contributed by atoms with Gasteiger partial charge in [-0.2, -0.15) is 13.2 Å². The smallest absolute Gasteiger partial charge is 0.416 e. The number of likely N-dealkylation sites (tertiary alicyclic amines) is 1. The second-order valence-corrected chi connectivity index (χ2v) is 12.3. The first kappa shape index (κ1) is 31.3. The fourth-order valence-corrected chi connectivity index (χ4v) is 7.02. The molecule has 0 spiro atoms. The normalized spacial score (nSPS) is 21.0. The predicted molar refractivity (Wildman–Crippen MR) is 154 cm³/mol. The number of aliphatic hydroxyl groups is 1. The lowest BCUT2D eigenvalue weighted by atomic mass is 9.91. The Morgan fingerprint density at radius 3 is 2.50 bits per heavy atom. The minimum Gasteiger partial charge on any atom is -0.508 e. The number of nitrogens with zero attached hydrogens (tertiary/aromatic N) is 2. The quantitative estimate of drug-likeness (QED) is 0.254. The zero-order valence-corrected chi connectivity index (χ0v) is 24.5. The highest BCUT2D eigenvalue weighted by atomic mass is 32.2. The predicted octanol–water partition coefficient (Wildman–Crippen LogP) is 4.22. The third-order valence-corrected chi connectivity index (χ3v) is 9.57. The van der Waals surface area contributed by atoms with Gasteiger partial charge in [0.1, 0.15) is 22.5 Å². The van der Waals surface area contributed by atoms with Gasteiger partial charge >= 0.3 is 6.18 Å². The summed E-state index contributed by atoms with van der Waals surface area (Å²) >= 11 is 1.15. The number of nitrogens with one attached hydrogen (secondary N) is 1. The summed E-state index contributed by atoms with van der Waals surface area (Å²) in [6.45, 7) is 2.72. The second-order valence-electron chi connectivity index (χ2n) is 10.9. The zero-order chi connectivity index (χ0) is 32.0. The van der Waals surface area contributed by atoms with Crippen molar-refractivity contribution in [3.8, 4) is 5.75 Å². The SMILES string of the molecule is Cc1c(O)cccc1C(=O)N[C@@H](Cc1ccccc1)[C@H](O)C(=O)N1CSC2(C)[C@H]1C(=O)N2Cc1ccc(F)cc1C(F)(F)F. The highest BCUT2D eigenvalue weighted by molar-refractivity contribution is 8.01. The molecule has 2 aliphatic rings. The van der Waals surface area contributed by atoms with E-state index in [1.165, 1.54) is 28.0 Å². The van der Waals surface area contributed by atoms with E-state index in [0.717, 1.165) is 23.9 Å². The third-order valence-electron chi connectivity index (χ3n) is 8.14. The molecule has 0 radical (unpaired) electrons. The number of rotatable bonds is 8. The number of aliphatic hydroxyl groups excluding tert-OH is 1. The number of alkyl halides is 3. The lowest BCUT2D eigenvalue weighted by Crippen LogP contribution is -2.73. The van der Waals surface area contributed by atoms with Crippen LogP contribution < -0.4 is 5.32 Å². The fourth-order valence-electron chi connectivity index (χ4n) is 5.64. The van der Waals surface area contributed by atoms with Crippen LogP contribution in [0.5, 0.6) is 5.75 Å². The molecule has 1 unspecified atom stereocenters. The first-order valence-electron chi connectivity index (χ1n) is 13.7. The third kappa shape index (κ3) is 5.73. The number of carbonyl (C=O) groups excluding carboxylic acids is 3. The Labute approximate surface area is 254 Å². The average Bonchev–Trinajstić information content (AvgIpc) is 3.30. The maximum Gasteiger partial charge on any atom is 0.416 e. The molecule has 5 rings (SSSR count). The van der Waals surface area contributed by atoms with E-state index in [-0.39, 0.29) is 29.2 Å². The van der Waals surface area contributed by atoms with Crippen LogP contribution in [0.4, 0.5) is 17.6 Å². The van der Waals surface area contributed by atoms with Gasteiger partial charge in [-0.15, -0.1) is 11.8 Å². The van der Waals surface area contributed by atoms with Gasteiger partial charge in [-0.3, -0.25) is 14.4 Å². The van der Waals surface area contributed by atoms with Gasteiger partial charge in [0, 0.05) is 17.7 Å². The summed E-state index contributed by atoms with van der Waals surface area (Å²) in [6.07, 6.45) is -6.56. The zero-order valence-electron chi connectivity index (χ0n) is 23.6. The number of phenols is 1. The molecule has 2 aliphatic heterocycles. The summed E-state index contributed by atoms with van der Waals surface area (Å²) < 4.78 is 54.4. The number of β-lactam (4-membered cyclic amide) rings is 1. The molecule has 2 fully saturated rings. The maximum absolute atomic E-state index is 13.7. The van der Waals surface area contributed by atoms with Gasteiger partial charge in [0.05, 0.1) is 17.5 Å².